The zero-order valence-electron chi connectivity index (χ0n) is 6.72. The van der Waals surface area contributed by atoms with Crippen molar-refractivity contribution in [2.45, 2.75) is 19.4 Å². The van der Waals surface area contributed by atoms with E-state index >= 15 is 0 Å². The van der Waals surface area contributed by atoms with Crippen LogP contribution in [0.3, 0.4) is 0 Å². The Morgan fingerprint density at radius 3 is 2.75 bits per heavy atom. The van der Waals surface area contributed by atoms with Crippen molar-refractivity contribution in [3.8, 4) is 0 Å². The molecule has 0 aromatic heterocycles. The van der Waals surface area contributed by atoms with E-state index in [0.29, 0.717) is 16.5 Å². The lowest BCUT2D eigenvalue weighted by molar-refractivity contribution is 0.168. The van der Waals surface area contributed by atoms with Crippen molar-refractivity contribution < 1.29 is 9.50 Å². The summed E-state index contributed by atoms with van der Waals surface area (Å²) in [6.07, 6.45) is -0.208. The van der Waals surface area contributed by atoms with Gasteiger partial charge in [-0.05, 0) is 18.6 Å². The van der Waals surface area contributed by atoms with Gasteiger partial charge in [-0.1, -0.05) is 28.9 Å². The Morgan fingerprint density at radius 2 is 2.25 bits per heavy atom. The van der Waals surface area contributed by atoms with E-state index in [1.807, 2.05) is 6.92 Å². The van der Waals surface area contributed by atoms with Crippen LogP contribution < -0.4 is 0 Å². The number of aliphatic hydroxyl groups is 1. The molecular weight excluding hydrogens is 223 g/mol. The zero-order valence-corrected chi connectivity index (χ0v) is 8.31. The Labute approximate surface area is 79.4 Å². The first-order chi connectivity index (χ1) is 5.66. The Kier molecular flexibility index (Phi) is 3.23. The first-order valence-electron chi connectivity index (χ1n) is 3.78. The standard InChI is InChI=1S/C9H10BrFO/c1-2-8(12)9-6(10)4-3-5-7(9)11/h3-5,8,12H,2H2,1H3/t8-/m1/s1. The minimum atomic E-state index is -0.722. The molecule has 0 aliphatic heterocycles. The van der Waals surface area contributed by atoms with Gasteiger partial charge in [-0.3, -0.25) is 0 Å². The number of hydrogen-bond acceptors (Lipinski definition) is 1. The largest absolute Gasteiger partial charge is 0.388 e. The van der Waals surface area contributed by atoms with Crippen LogP contribution in [0.2, 0.25) is 0 Å². The summed E-state index contributed by atoms with van der Waals surface area (Å²) in [6, 6.07) is 4.67. The van der Waals surface area contributed by atoms with Crippen LogP contribution in [0.25, 0.3) is 0 Å². The summed E-state index contributed by atoms with van der Waals surface area (Å²) in [5.74, 6) is -0.362. The summed E-state index contributed by atoms with van der Waals surface area (Å²) in [7, 11) is 0. The fourth-order valence-corrected chi connectivity index (χ4v) is 1.64. The van der Waals surface area contributed by atoms with E-state index in [0.717, 1.165) is 0 Å². The predicted molar refractivity (Wildman–Crippen MR) is 49.4 cm³/mol. The van der Waals surface area contributed by atoms with Gasteiger partial charge >= 0.3 is 0 Å². The van der Waals surface area contributed by atoms with Crippen LogP contribution in [-0.2, 0) is 0 Å². The van der Waals surface area contributed by atoms with Crippen LogP contribution >= 0.6 is 15.9 Å². The van der Waals surface area contributed by atoms with Gasteiger partial charge in [0, 0.05) is 10.0 Å². The van der Waals surface area contributed by atoms with Crippen LogP contribution in [-0.4, -0.2) is 5.11 Å². The second-order valence-corrected chi connectivity index (χ2v) is 3.41. The molecular formula is C9H10BrFO. The topological polar surface area (TPSA) is 20.2 Å². The number of rotatable bonds is 2. The lowest BCUT2D eigenvalue weighted by Crippen LogP contribution is -1.99. The fraction of sp³-hybridized carbons (Fsp3) is 0.333. The minimum Gasteiger partial charge on any atom is -0.388 e. The Hall–Kier alpha value is -0.410. The third-order valence-electron chi connectivity index (χ3n) is 1.72. The number of hydrogen-bond donors (Lipinski definition) is 1. The average Bonchev–Trinajstić information content (AvgIpc) is 2.03. The highest BCUT2D eigenvalue weighted by Crippen LogP contribution is 2.27. The highest BCUT2D eigenvalue weighted by Gasteiger charge is 2.13. The molecule has 1 nitrogen and oxygen atoms in total. The van der Waals surface area contributed by atoms with Gasteiger partial charge in [-0.25, -0.2) is 4.39 Å². The zero-order chi connectivity index (χ0) is 9.14. The van der Waals surface area contributed by atoms with Gasteiger partial charge in [0.2, 0.25) is 0 Å². The summed E-state index contributed by atoms with van der Waals surface area (Å²) < 4.78 is 13.7. The Morgan fingerprint density at radius 1 is 1.58 bits per heavy atom. The second-order valence-electron chi connectivity index (χ2n) is 2.56. The Bertz CT molecular complexity index is 255. The van der Waals surface area contributed by atoms with Gasteiger partial charge < -0.3 is 5.11 Å². The molecule has 0 radical (unpaired) electrons. The molecule has 0 saturated carbocycles. The van der Waals surface area contributed by atoms with Crippen LogP contribution in [0, 0.1) is 5.82 Å². The van der Waals surface area contributed by atoms with E-state index in [1.165, 1.54) is 6.07 Å². The van der Waals surface area contributed by atoms with Crippen LogP contribution in [0.1, 0.15) is 25.0 Å². The van der Waals surface area contributed by atoms with Crippen LogP contribution in [0.4, 0.5) is 4.39 Å². The van der Waals surface area contributed by atoms with Crippen LogP contribution in [0.5, 0.6) is 0 Å². The van der Waals surface area contributed by atoms with E-state index in [4.69, 9.17) is 0 Å². The summed E-state index contributed by atoms with van der Waals surface area (Å²) in [6.45, 7) is 1.81. The number of benzene rings is 1. The van der Waals surface area contributed by atoms with Gasteiger partial charge in [0.15, 0.2) is 0 Å². The van der Waals surface area contributed by atoms with Crippen molar-refractivity contribution in [3.63, 3.8) is 0 Å². The van der Waals surface area contributed by atoms with Crippen molar-refractivity contribution in [1.82, 2.24) is 0 Å². The molecule has 3 heteroatoms. The Balaban J connectivity index is 3.12. The molecule has 1 N–H and O–H groups in total. The lowest BCUT2D eigenvalue weighted by Gasteiger charge is -2.10. The number of halogens is 2. The van der Waals surface area contributed by atoms with Gasteiger partial charge in [0.1, 0.15) is 5.82 Å². The molecule has 1 rings (SSSR count). The van der Waals surface area contributed by atoms with Gasteiger partial charge in [0.25, 0.3) is 0 Å². The third-order valence-corrected chi connectivity index (χ3v) is 2.41. The highest BCUT2D eigenvalue weighted by atomic mass is 79.9. The summed E-state index contributed by atoms with van der Waals surface area (Å²) >= 11 is 3.19. The first-order valence-corrected chi connectivity index (χ1v) is 4.58. The molecule has 0 heterocycles. The lowest BCUT2D eigenvalue weighted by atomic mass is 10.1. The molecule has 0 saturated heterocycles. The summed E-state index contributed by atoms with van der Waals surface area (Å²) in [4.78, 5) is 0. The molecule has 66 valence electrons. The van der Waals surface area contributed by atoms with Crippen molar-refractivity contribution >= 4 is 15.9 Å². The molecule has 0 aliphatic rings. The van der Waals surface area contributed by atoms with E-state index < -0.39 is 6.10 Å². The highest BCUT2D eigenvalue weighted by molar-refractivity contribution is 9.10. The van der Waals surface area contributed by atoms with E-state index in [9.17, 15) is 9.50 Å². The SMILES string of the molecule is CC[C@@H](O)c1c(F)cccc1Br. The molecule has 0 bridgehead atoms. The quantitative estimate of drug-likeness (QED) is 0.832. The molecule has 1 aromatic rings. The van der Waals surface area contributed by atoms with Crippen molar-refractivity contribution in [2.24, 2.45) is 0 Å². The minimum absolute atomic E-state index is 0.347. The molecule has 12 heavy (non-hydrogen) atoms. The van der Waals surface area contributed by atoms with E-state index in [2.05, 4.69) is 15.9 Å². The normalized spacial score (nSPS) is 13.0. The fourth-order valence-electron chi connectivity index (χ4n) is 1.03. The predicted octanol–water partition coefficient (Wildman–Crippen LogP) is 3.03. The molecule has 0 fully saturated rings. The average molecular weight is 233 g/mol. The smallest absolute Gasteiger partial charge is 0.130 e. The second kappa shape index (κ2) is 4.01. The monoisotopic (exact) mass is 232 g/mol. The molecule has 1 aromatic carbocycles. The summed E-state index contributed by atoms with van der Waals surface area (Å²) in [5.41, 5.74) is 0.347. The van der Waals surface area contributed by atoms with Crippen molar-refractivity contribution in [1.29, 1.82) is 0 Å². The molecule has 1 atom stereocenters. The molecule has 0 spiro atoms. The van der Waals surface area contributed by atoms with E-state index in [1.54, 1.807) is 12.1 Å². The summed E-state index contributed by atoms with van der Waals surface area (Å²) in [5, 5.41) is 9.42. The first kappa shape index (κ1) is 9.68. The van der Waals surface area contributed by atoms with Crippen LogP contribution in [0.15, 0.2) is 22.7 Å². The van der Waals surface area contributed by atoms with Gasteiger partial charge in [0.05, 0.1) is 6.10 Å². The maximum atomic E-state index is 13.1. The maximum absolute atomic E-state index is 13.1. The molecule has 0 unspecified atom stereocenters. The van der Waals surface area contributed by atoms with E-state index in [-0.39, 0.29) is 5.82 Å². The van der Waals surface area contributed by atoms with Gasteiger partial charge in [-0.2, -0.15) is 0 Å². The third kappa shape index (κ3) is 1.84. The molecule has 0 aliphatic carbocycles. The van der Waals surface area contributed by atoms with Gasteiger partial charge in [-0.15, -0.1) is 0 Å². The molecule has 0 amide bonds. The maximum Gasteiger partial charge on any atom is 0.130 e. The van der Waals surface area contributed by atoms with Crippen molar-refractivity contribution in [3.05, 3.63) is 34.1 Å². The number of aliphatic hydroxyl groups excluding tert-OH is 1. The van der Waals surface area contributed by atoms with Crippen molar-refractivity contribution in [2.75, 3.05) is 0 Å².